The molecule has 1 aromatic carbocycles. The molecule has 0 amide bonds. The Morgan fingerprint density at radius 1 is 1.19 bits per heavy atom. The van der Waals surface area contributed by atoms with Crippen LogP contribution < -0.4 is 10.3 Å². The zero-order chi connectivity index (χ0) is 21.9. The van der Waals surface area contributed by atoms with Crippen molar-refractivity contribution in [2.45, 2.75) is 63.8 Å². The standard InChI is InChI=1S/C23H30N6O3/c1-31-19-8-9-21-16(12-19)11-17(23(30)24-21)13-28(14-20-7-4-10-32-20)15-22-25-26-27-29(22)18-5-2-3-6-18/h8-9,11-12,18,20H,2-7,10,13-15H2,1H3,(H,24,30). The van der Waals surface area contributed by atoms with Gasteiger partial charge in [-0.3, -0.25) is 9.69 Å². The molecule has 1 unspecified atom stereocenters. The van der Waals surface area contributed by atoms with Gasteiger partial charge in [0.25, 0.3) is 5.56 Å². The minimum atomic E-state index is -0.0737. The van der Waals surface area contributed by atoms with Crippen LogP contribution in [0.15, 0.2) is 29.1 Å². The molecule has 1 saturated heterocycles. The summed E-state index contributed by atoms with van der Waals surface area (Å²) in [5.74, 6) is 1.62. The van der Waals surface area contributed by atoms with E-state index in [4.69, 9.17) is 9.47 Å². The van der Waals surface area contributed by atoms with E-state index in [2.05, 4.69) is 25.4 Å². The molecule has 5 rings (SSSR count). The Bertz CT molecular complexity index is 1110. The summed E-state index contributed by atoms with van der Waals surface area (Å²) in [7, 11) is 1.64. The van der Waals surface area contributed by atoms with Gasteiger partial charge in [-0.2, -0.15) is 0 Å². The first-order valence-corrected chi connectivity index (χ1v) is 11.5. The second-order valence-corrected chi connectivity index (χ2v) is 8.86. The summed E-state index contributed by atoms with van der Waals surface area (Å²) in [6, 6.07) is 8.00. The van der Waals surface area contributed by atoms with Crippen molar-refractivity contribution in [3.63, 3.8) is 0 Å². The van der Waals surface area contributed by atoms with Crippen LogP contribution in [0, 0.1) is 0 Å². The largest absolute Gasteiger partial charge is 0.497 e. The Kier molecular flexibility index (Phi) is 6.18. The summed E-state index contributed by atoms with van der Waals surface area (Å²) in [5.41, 5.74) is 1.44. The zero-order valence-corrected chi connectivity index (χ0v) is 18.5. The van der Waals surface area contributed by atoms with Crippen molar-refractivity contribution in [3.8, 4) is 5.75 Å². The SMILES string of the molecule is COc1ccc2[nH]c(=O)c(CN(Cc3nnnn3C3CCCC3)CC3CCCO3)cc2c1. The number of nitrogens with zero attached hydrogens (tertiary/aromatic N) is 5. The molecule has 3 heterocycles. The molecule has 170 valence electrons. The molecule has 1 saturated carbocycles. The van der Waals surface area contributed by atoms with Crippen molar-refractivity contribution in [1.29, 1.82) is 0 Å². The third kappa shape index (κ3) is 4.54. The van der Waals surface area contributed by atoms with E-state index in [0.717, 1.165) is 61.3 Å². The topological polar surface area (TPSA) is 98.2 Å². The highest BCUT2D eigenvalue weighted by molar-refractivity contribution is 5.80. The Hall–Kier alpha value is -2.78. The lowest BCUT2D eigenvalue weighted by Gasteiger charge is -2.25. The van der Waals surface area contributed by atoms with Gasteiger partial charge in [0, 0.05) is 36.2 Å². The average Bonchev–Trinajstić information content (AvgIpc) is 3.57. The quantitative estimate of drug-likeness (QED) is 0.577. The van der Waals surface area contributed by atoms with Gasteiger partial charge in [0.15, 0.2) is 5.82 Å². The van der Waals surface area contributed by atoms with Gasteiger partial charge in [-0.05, 0) is 60.4 Å². The maximum atomic E-state index is 12.8. The Morgan fingerprint density at radius 2 is 2.06 bits per heavy atom. The summed E-state index contributed by atoms with van der Waals surface area (Å²) in [6.45, 7) is 2.63. The molecule has 0 radical (unpaired) electrons. The molecule has 2 fully saturated rings. The number of H-pyrrole nitrogens is 1. The number of aromatic nitrogens is 5. The number of tetrazole rings is 1. The van der Waals surface area contributed by atoms with E-state index in [1.807, 2.05) is 28.9 Å². The fraction of sp³-hybridized carbons (Fsp3) is 0.565. The van der Waals surface area contributed by atoms with Crippen molar-refractivity contribution in [3.05, 3.63) is 46.0 Å². The van der Waals surface area contributed by atoms with E-state index in [0.29, 0.717) is 24.7 Å². The lowest BCUT2D eigenvalue weighted by molar-refractivity contribution is 0.0661. The third-order valence-electron chi connectivity index (χ3n) is 6.60. The van der Waals surface area contributed by atoms with Crippen molar-refractivity contribution in [2.75, 3.05) is 20.3 Å². The average molecular weight is 439 g/mol. The van der Waals surface area contributed by atoms with Gasteiger partial charge in [-0.1, -0.05) is 12.8 Å². The highest BCUT2D eigenvalue weighted by Gasteiger charge is 2.25. The number of hydrogen-bond donors (Lipinski definition) is 1. The van der Waals surface area contributed by atoms with E-state index >= 15 is 0 Å². The number of fused-ring (bicyclic) bond motifs is 1. The van der Waals surface area contributed by atoms with Crippen molar-refractivity contribution < 1.29 is 9.47 Å². The number of rotatable bonds is 8. The van der Waals surface area contributed by atoms with E-state index < -0.39 is 0 Å². The Balaban J connectivity index is 1.41. The van der Waals surface area contributed by atoms with Crippen LogP contribution in [0.3, 0.4) is 0 Å². The first-order chi connectivity index (χ1) is 15.7. The van der Waals surface area contributed by atoms with Crippen LogP contribution in [0.25, 0.3) is 10.9 Å². The van der Waals surface area contributed by atoms with Crippen LogP contribution in [0.2, 0.25) is 0 Å². The molecule has 1 aliphatic heterocycles. The zero-order valence-electron chi connectivity index (χ0n) is 18.5. The molecule has 1 aliphatic carbocycles. The monoisotopic (exact) mass is 438 g/mol. The van der Waals surface area contributed by atoms with Gasteiger partial charge in [-0.15, -0.1) is 5.10 Å². The summed E-state index contributed by atoms with van der Waals surface area (Å²) >= 11 is 0. The molecule has 0 spiro atoms. The molecule has 1 N–H and O–H groups in total. The highest BCUT2D eigenvalue weighted by atomic mass is 16.5. The van der Waals surface area contributed by atoms with E-state index in [9.17, 15) is 4.79 Å². The molecule has 1 atom stereocenters. The third-order valence-corrected chi connectivity index (χ3v) is 6.60. The van der Waals surface area contributed by atoms with Crippen LogP contribution in [-0.2, 0) is 17.8 Å². The molecular formula is C23H30N6O3. The minimum Gasteiger partial charge on any atom is -0.497 e. The molecule has 2 aliphatic rings. The maximum absolute atomic E-state index is 12.8. The molecule has 9 nitrogen and oxygen atoms in total. The van der Waals surface area contributed by atoms with Crippen LogP contribution >= 0.6 is 0 Å². The summed E-state index contributed by atoms with van der Waals surface area (Å²) in [5, 5.41) is 13.5. The number of nitrogens with one attached hydrogen (secondary N) is 1. The second kappa shape index (κ2) is 9.38. The number of aromatic amines is 1. The number of benzene rings is 1. The predicted molar refractivity (Wildman–Crippen MR) is 120 cm³/mol. The number of ether oxygens (including phenoxy) is 2. The van der Waals surface area contributed by atoms with Gasteiger partial charge in [0.2, 0.25) is 0 Å². The first-order valence-electron chi connectivity index (χ1n) is 11.5. The fourth-order valence-electron chi connectivity index (χ4n) is 4.93. The highest BCUT2D eigenvalue weighted by Crippen LogP contribution is 2.29. The van der Waals surface area contributed by atoms with Crippen molar-refractivity contribution in [2.24, 2.45) is 0 Å². The number of methoxy groups -OCH3 is 1. The van der Waals surface area contributed by atoms with Crippen molar-refractivity contribution >= 4 is 10.9 Å². The number of pyridine rings is 1. The normalized spacial score (nSPS) is 19.4. The van der Waals surface area contributed by atoms with Gasteiger partial charge < -0.3 is 14.5 Å². The fourth-order valence-corrected chi connectivity index (χ4v) is 4.93. The lowest BCUT2D eigenvalue weighted by atomic mass is 10.1. The molecule has 2 aromatic heterocycles. The molecule has 0 bridgehead atoms. The smallest absolute Gasteiger partial charge is 0.252 e. The summed E-state index contributed by atoms with van der Waals surface area (Å²) in [6.07, 6.45) is 6.97. The molecular weight excluding hydrogens is 408 g/mol. The Morgan fingerprint density at radius 3 is 2.84 bits per heavy atom. The molecule has 9 heteroatoms. The predicted octanol–water partition coefficient (Wildman–Crippen LogP) is 2.82. The van der Waals surface area contributed by atoms with E-state index in [-0.39, 0.29) is 11.7 Å². The lowest BCUT2D eigenvalue weighted by Crippen LogP contribution is -2.34. The van der Waals surface area contributed by atoms with E-state index in [1.165, 1.54) is 12.8 Å². The van der Waals surface area contributed by atoms with Crippen molar-refractivity contribution in [1.82, 2.24) is 30.1 Å². The Labute approximate surface area is 186 Å². The summed E-state index contributed by atoms with van der Waals surface area (Å²) in [4.78, 5) is 18.1. The van der Waals surface area contributed by atoms with E-state index in [1.54, 1.807) is 7.11 Å². The van der Waals surface area contributed by atoms with Gasteiger partial charge in [-0.25, -0.2) is 4.68 Å². The summed E-state index contributed by atoms with van der Waals surface area (Å²) < 4.78 is 13.2. The van der Waals surface area contributed by atoms with Gasteiger partial charge >= 0.3 is 0 Å². The van der Waals surface area contributed by atoms with Crippen LogP contribution in [0.5, 0.6) is 5.75 Å². The molecule has 32 heavy (non-hydrogen) atoms. The molecule has 3 aromatic rings. The van der Waals surface area contributed by atoms with Gasteiger partial charge in [0.05, 0.1) is 25.8 Å². The van der Waals surface area contributed by atoms with Crippen LogP contribution in [0.1, 0.15) is 56.0 Å². The maximum Gasteiger partial charge on any atom is 0.252 e. The van der Waals surface area contributed by atoms with Gasteiger partial charge in [0.1, 0.15) is 5.75 Å². The van der Waals surface area contributed by atoms with Crippen LogP contribution in [-0.4, -0.2) is 56.5 Å². The minimum absolute atomic E-state index is 0.0737. The first kappa shape index (κ1) is 21.1. The number of hydrogen-bond acceptors (Lipinski definition) is 7. The second-order valence-electron chi connectivity index (χ2n) is 8.86. The van der Waals surface area contributed by atoms with Crippen LogP contribution in [0.4, 0.5) is 0 Å².